The molecule has 1 aliphatic rings. The Morgan fingerprint density at radius 1 is 0.620 bits per heavy atom. The van der Waals surface area contributed by atoms with Gasteiger partial charge in [0.25, 0.3) is 0 Å². The molecule has 50 heavy (non-hydrogen) atoms. The summed E-state index contributed by atoms with van der Waals surface area (Å²) in [7, 11) is 1.73. The summed E-state index contributed by atoms with van der Waals surface area (Å²) in [4.78, 5) is 7.41. The van der Waals surface area contributed by atoms with Gasteiger partial charge in [0.1, 0.15) is 5.75 Å². The fraction of sp³-hybridized carbons (Fsp3) is 0.156. The monoisotopic (exact) mass is 652 g/mol. The second kappa shape index (κ2) is 12.2. The first-order valence-electron chi connectivity index (χ1n) is 17.1. The molecule has 0 saturated carbocycles. The minimum absolute atomic E-state index is 0.198. The first-order valence-corrected chi connectivity index (χ1v) is 17.1. The number of aryl methyl sites for hydroxylation is 2. The number of aromatic nitrogens is 3. The van der Waals surface area contributed by atoms with Gasteiger partial charge in [0.2, 0.25) is 0 Å². The van der Waals surface area contributed by atoms with Gasteiger partial charge >= 0.3 is 0 Å². The normalized spacial score (nSPS) is 14.0. The fourth-order valence-corrected chi connectivity index (χ4v) is 8.09. The van der Waals surface area contributed by atoms with E-state index in [4.69, 9.17) is 14.8 Å². The molecule has 7 aromatic rings. The lowest BCUT2D eigenvalue weighted by Gasteiger charge is -2.47. The third kappa shape index (κ3) is 4.84. The molecule has 2 aromatic heterocycles. The van der Waals surface area contributed by atoms with E-state index < -0.39 is 5.41 Å². The summed E-state index contributed by atoms with van der Waals surface area (Å²) in [5.74, 6) is 0.781. The summed E-state index contributed by atoms with van der Waals surface area (Å²) in [6.07, 6.45) is 1.91. The molecule has 0 radical (unpaired) electrons. The molecule has 5 aromatic carbocycles. The van der Waals surface area contributed by atoms with Crippen LogP contribution >= 0.6 is 0 Å². The van der Waals surface area contributed by atoms with E-state index in [2.05, 4.69) is 153 Å². The number of nitrogens with zero attached hydrogens (tertiary/aromatic N) is 4. The molecule has 2 heterocycles. The number of para-hydroxylation sites is 2. The Bertz CT molecular complexity index is 2290. The van der Waals surface area contributed by atoms with Crippen molar-refractivity contribution in [3.05, 3.63) is 197 Å². The maximum Gasteiger partial charge on any atom is 0.142 e. The summed E-state index contributed by atoms with van der Waals surface area (Å²) < 4.78 is 7.99. The van der Waals surface area contributed by atoms with Gasteiger partial charge in [0, 0.05) is 28.7 Å². The maximum absolute atomic E-state index is 5.99. The van der Waals surface area contributed by atoms with Crippen molar-refractivity contribution in [1.29, 1.82) is 0 Å². The Labute approximate surface area is 294 Å². The zero-order valence-electron chi connectivity index (χ0n) is 29.1. The number of hydrogen-bond donors (Lipinski definition) is 0. The van der Waals surface area contributed by atoms with Crippen LogP contribution in [-0.2, 0) is 10.8 Å². The number of hydrogen-bond acceptors (Lipinski definition) is 4. The van der Waals surface area contributed by atoms with Crippen LogP contribution in [-0.4, -0.2) is 21.9 Å². The smallest absolute Gasteiger partial charge is 0.142 e. The van der Waals surface area contributed by atoms with Crippen molar-refractivity contribution in [2.24, 2.45) is 0 Å². The van der Waals surface area contributed by atoms with Crippen LogP contribution < -0.4 is 9.64 Å². The van der Waals surface area contributed by atoms with Gasteiger partial charge in [-0.1, -0.05) is 98.8 Å². The first-order chi connectivity index (χ1) is 24.3. The third-order valence-electron chi connectivity index (χ3n) is 10.3. The molecular formula is C45H40N4O. The average molecular weight is 653 g/mol. The SMILES string of the molecule is COc1ccccc1N(c1cccc(-n2nc(C)cc2C)c1)c1cccc(C2(c3ccccn3)c3ccccc3C(C)(C)c3ccccc32)c1. The van der Waals surface area contributed by atoms with Gasteiger partial charge in [0.15, 0.2) is 0 Å². The summed E-state index contributed by atoms with van der Waals surface area (Å²) in [5.41, 5.74) is 12.4. The van der Waals surface area contributed by atoms with Gasteiger partial charge in [0.05, 0.1) is 35.3 Å². The predicted octanol–water partition coefficient (Wildman–Crippen LogP) is 10.4. The molecule has 0 aliphatic heterocycles. The lowest BCUT2D eigenvalue weighted by atomic mass is 9.55. The highest BCUT2D eigenvalue weighted by atomic mass is 16.5. The molecule has 0 spiro atoms. The zero-order chi connectivity index (χ0) is 34.5. The van der Waals surface area contributed by atoms with Crippen LogP contribution in [0.1, 0.15) is 58.7 Å². The lowest BCUT2D eigenvalue weighted by molar-refractivity contribution is 0.416. The Morgan fingerprint density at radius 3 is 1.88 bits per heavy atom. The Kier molecular flexibility index (Phi) is 7.64. The van der Waals surface area contributed by atoms with Crippen LogP contribution in [0.3, 0.4) is 0 Å². The molecule has 246 valence electrons. The van der Waals surface area contributed by atoms with Gasteiger partial charge < -0.3 is 9.64 Å². The van der Waals surface area contributed by atoms with Crippen LogP contribution in [0, 0.1) is 13.8 Å². The van der Waals surface area contributed by atoms with Crippen LogP contribution in [0.15, 0.2) is 152 Å². The Hall–Kier alpha value is -5.94. The average Bonchev–Trinajstić information content (AvgIpc) is 3.50. The summed E-state index contributed by atoms with van der Waals surface area (Å²) in [6.45, 7) is 8.79. The summed E-state index contributed by atoms with van der Waals surface area (Å²) in [5, 5.41) is 4.80. The highest BCUT2D eigenvalue weighted by molar-refractivity contribution is 5.82. The Balaban J connectivity index is 1.42. The third-order valence-corrected chi connectivity index (χ3v) is 10.3. The molecule has 1 aliphatic carbocycles. The largest absolute Gasteiger partial charge is 0.495 e. The summed E-state index contributed by atoms with van der Waals surface area (Å²) in [6, 6.07) is 51.9. The second-order valence-corrected chi connectivity index (χ2v) is 13.6. The molecule has 0 amide bonds. The fourth-order valence-electron chi connectivity index (χ4n) is 8.09. The topological polar surface area (TPSA) is 43.2 Å². The molecule has 0 saturated heterocycles. The number of pyridine rings is 1. The van der Waals surface area contributed by atoms with Crippen molar-refractivity contribution in [3.8, 4) is 11.4 Å². The van der Waals surface area contributed by atoms with Crippen molar-refractivity contribution >= 4 is 17.1 Å². The maximum atomic E-state index is 5.99. The molecule has 8 rings (SSSR count). The quantitative estimate of drug-likeness (QED) is 0.172. The number of anilines is 3. The molecule has 0 bridgehead atoms. The van der Waals surface area contributed by atoms with E-state index in [9.17, 15) is 0 Å². The van der Waals surface area contributed by atoms with Crippen LogP contribution in [0.2, 0.25) is 0 Å². The van der Waals surface area contributed by atoms with Crippen LogP contribution in [0.4, 0.5) is 17.1 Å². The number of benzene rings is 5. The minimum Gasteiger partial charge on any atom is -0.495 e. The highest BCUT2D eigenvalue weighted by Gasteiger charge is 2.49. The van der Waals surface area contributed by atoms with E-state index in [0.717, 1.165) is 51.1 Å². The predicted molar refractivity (Wildman–Crippen MR) is 203 cm³/mol. The summed E-state index contributed by atoms with van der Waals surface area (Å²) >= 11 is 0. The number of rotatable bonds is 7. The second-order valence-electron chi connectivity index (χ2n) is 13.6. The highest BCUT2D eigenvalue weighted by Crippen LogP contribution is 2.56. The molecule has 0 unspecified atom stereocenters. The van der Waals surface area contributed by atoms with E-state index in [-0.39, 0.29) is 5.41 Å². The van der Waals surface area contributed by atoms with Crippen molar-refractivity contribution in [2.75, 3.05) is 12.0 Å². The molecule has 5 nitrogen and oxygen atoms in total. The van der Waals surface area contributed by atoms with Gasteiger partial charge in [-0.05, 0) is 102 Å². The van der Waals surface area contributed by atoms with E-state index in [1.165, 1.54) is 22.3 Å². The van der Waals surface area contributed by atoms with Crippen molar-refractivity contribution < 1.29 is 4.74 Å². The van der Waals surface area contributed by atoms with E-state index in [1.807, 2.05) is 36.0 Å². The van der Waals surface area contributed by atoms with E-state index >= 15 is 0 Å². The minimum atomic E-state index is -0.669. The molecule has 0 fully saturated rings. The number of ether oxygens (including phenoxy) is 1. The van der Waals surface area contributed by atoms with Crippen molar-refractivity contribution in [3.63, 3.8) is 0 Å². The van der Waals surface area contributed by atoms with Crippen LogP contribution in [0.5, 0.6) is 5.75 Å². The van der Waals surface area contributed by atoms with Gasteiger partial charge in [-0.3, -0.25) is 4.98 Å². The van der Waals surface area contributed by atoms with Gasteiger partial charge in [-0.25, -0.2) is 4.68 Å². The Morgan fingerprint density at radius 2 is 1.24 bits per heavy atom. The molecule has 0 N–H and O–H groups in total. The van der Waals surface area contributed by atoms with Crippen molar-refractivity contribution in [2.45, 2.75) is 38.5 Å². The van der Waals surface area contributed by atoms with Crippen molar-refractivity contribution in [1.82, 2.24) is 14.8 Å². The lowest BCUT2D eigenvalue weighted by Crippen LogP contribution is -2.42. The molecular weight excluding hydrogens is 613 g/mol. The zero-order valence-corrected chi connectivity index (χ0v) is 29.1. The van der Waals surface area contributed by atoms with E-state index in [0.29, 0.717) is 0 Å². The molecule has 0 atom stereocenters. The van der Waals surface area contributed by atoms with Gasteiger partial charge in [-0.2, -0.15) is 5.10 Å². The molecule has 5 heteroatoms. The number of fused-ring (bicyclic) bond motifs is 2. The van der Waals surface area contributed by atoms with Crippen LogP contribution in [0.25, 0.3) is 5.69 Å². The first kappa shape index (κ1) is 31.3. The van der Waals surface area contributed by atoms with E-state index in [1.54, 1.807) is 7.11 Å². The van der Waals surface area contributed by atoms with Gasteiger partial charge in [-0.15, -0.1) is 0 Å². The number of methoxy groups -OCH3 is 1. The standard InChI is InChI=1S/C45H40N4O/c1-31-28-32(2)49(47-31)36-19-15-18-35(30-36)48(41-24-10-11-25-42(41)50-5)34-17-14-16-33(29-34)45(43-26-12-13-27-46-43)39-22-8-6-20-37(39)44(3,4)38-21-7-9-23-40(38)45/h6-30H,1-5H3.